The second-order valence-electron chi connectivity index (χ2n) is 5.86. The molecule has 1 aromatic carbocycles. The Morgan fingerprint density at radius 3 is 2.38 bits per heavy atom. The standard InChI is InChI=1S/C15H16Br2FN3/c1-8-5-9(16)10(18)6-11(8)19-13-7-12(17)20-14(21-13)15(2,3)4/h5-7H,1-4H3,(H,19,20,21). The molecule has 0 saturated heterocycles. The number of nitrogens with one attached hydrogen (secondary N) is 1. The molecule has 0 atom stereocenters. The topological polar surface area (TPSA) is 37.8 Å². The van der Waals surface area contributed by atoms with Gasteiger partial charge < -0.3 is 5.32 Å². The van der Waals surface area contributed by atoms with Gasteiger partial charge in [0.1, 0.15) is 22.1 Å². The first-order chi connectivity index (χ1) is 9.66. The number of aromatic nitrogens is 2. The minimum absolute atomic E-state index is 0.166. The Bertz CT molecular complexity index is 681. The van der Waals surface area contributed by atoms with E-state index in [9.17, 15) is 4.39 Å². The van der Waals surface area contributed by atoms with Crippen LogP contribution in [0.3, 0.4) is 0 Å². The van der Waals surface area contributed by atoms with Gasteiger partial charge in [0.05, 0.1) is 4.47 Å². The van der Waals surface area contributed by atoms with Gasteiger partial charge in [0.25, 0.3) is 0 Å². The molecule has 0 spiro atoms. The molecule has 0 fully saturated rings. The van der Waals surface area contributed by atoms with Crippen molar-refractivity contribution >= 4 is 43.4 Å². The molecule has 0 amide bonds. The van der Waals surface area contributed by atoms with Crippen LogP contribution in [-0.4, -0.2) is 9.97 Å². The van der Waals surface area contributed by atoms with E-state index in [1.807, 2.05) is 27.7 Å². The highest BCUT2D eigenvalue weighted by molar-refractivity contribution is 9.10. The second kappa shape index (κ2) is 6.01. The highest BCUT2D eigenvalue weighted by Crippen LogP contribution is 2.28. The maximum atomic E-state index is 13.7. The van der Waals surface area contributed by atoms with Crippen LogP contribution in [0.5, 0.6) is 0 Å². The number of nitrogens with zero attached hydrogens (tertiary/aromatic N) is 2. The van der Waals surface area contributed by atoms with Crippen LogP contribution >= 0.6 is 31.9 Å². The molecule has 2 aromatic rings. The van der Waals surface area contributed by atoms with Gasteiger partial charge in [-0.2, -0.15) is 0 Å². The van der Waals surface area contributed by atoms with Crippen molar-refractivity contribution in [3.05, 3.63) is 44.5 Å². The third-order valence-corrected chi connectivity index (χ3v) is 3.91. The number of hydrogen-bond donors (Lipinski definition) is 1. The van der Waals surface area contributed by atoms with Crippen LogP contribution in [0.4, 0.5) is 15.9 Å². The normalized spacial score (nSPS) is 11.6. The van der Waals surface area contributed by atoms with Crippen LogP contribution in [0.15, 0.2) is 27.3 Å². The van der Waals surface area contributed by atoms with E-state index >= 15 is 0 Å². The molecule has 0 aliphatic carbocycles. The monoisotopic (exact) mass is 415 g/mol. The summed E-state index contributed by atoms with van der Waals surface area (Å²) in [5.74, 6) is 1.04. The van der Waals surface area contributed by atoms with E-state index in [2.05, 4.69) is 47.1 Å². The summed E-state index contributed by atoms with van der Waals surface area (Å²) in [4.78, 5) is 8.89. The quantitative estimate of drug-likeness (QED) is 0.657. The Morgan fingerprint density at radius 1 is 1.10 bits per heavy atom. The van der Waals surface area contributed by atoms with Gasteiger partial charge in [-0.1, -0.05) is 20.8 Å². The summed E-state index contributed by atoms with van der Waals surface area (Å²) in [6.07, 6.45) is 0. The van der Waals surface area contributed by atoms with Crippen molar-refractivity contribution in [1.29, 1.82) is 0 Å². The van der Waals surface area contributed by atoms with E-state index in [0.717, 1.165) is 11.4 Å². The molecular formula is C15H16Br2FN3. The maximum Gasteiger partial charge on any atom is 0.139 e. The Morgan fingerprint density at radius 2 is 1.76 bits per heavy atom. The Balaban J connectivity index is 2.40. The van der Waals surface area contributed by atoms with Crippen LogP contribution in [-0.2, 0) is 5.41 Å². The molecule has 6 heteroatoms. The van der Waals surface area contributed by atoms with Crippen molar-refractivity contribution in [2.24, 2.45) is 0 Å². The molecule has 112 valence electrons. The van der Waals surface area contributed by atoms with Gasteiger partial charge in [-0.15, -0.1) is 0 Å². The summed E-state index contributed by atoms with van der Waals surface area (Å²) in [6, 6.07) is 4.96. The summed E-state index contributed by atoms with van der Waals surface area (Å²) in [6.45, 7) is 8.04. The molecule has 2 rings (SSSR count). The van der Waals surface area contributed by atoms with Gasteiger partial charge in [0.2, 0.25) is 0 Å². The molecule has 0 aliphatic heterocycles. The van der Waals surface area contributed by atoms with Gasteiger partial charge in [-0.3, -0.25) is 0 Å². The molecular weight excluding hydrogens is 401 g/mol. The highest BCUT2D eigenvalue weighted by atomic mass is 79.9. The Hall–Kier alpha value is -1.01. The lowest BCUT2D eigenvalue weighted by Gasteiger charge is -2.18. The van der Waals surface area contributed by atoms with Crippen molar-refractivity contribution < 1.29 is 4.39 Å². The van der Waals surface area contributed by atoms with Gasteiger partial charge >= 0.3 is 0 Å². The molecule has 0 unspecified atom stereocenters. The van der Waals surface area contributed by atoms with Crippen molar-refractivity contribution in [2.75, 3.05) is 5.32 Å². The zero-order valence-electron chi connectivity index (χ0n) is 12.3. The zero-order chi connectivity index (χ0) is 15.8. The van der Waals surface area contributed by atoms with E-state index in [4.69, 9.17) is 0 Å². The number of rotatable bonds is 2. The average Bonchev–Trinajstić information content (AvgIpc) is 2.34. The first-order valence-corrected chi connectivity index (χ1v) is 8.03. The molecule has 0 saturated carbocycles. The molecule has 1 heterocycles. The van der Waals surface area contributed by atoms with Gasteiger partial charge in [-0.25, -0.2) is 14.4 Å². The number of anilines is 2. The maximum absolute atomic E-state index is 13.7. The number of halogens is 3. The zero-order valence-corrected chi connectivity index (χ0v) is 15.4. The SMILES string of the molecule is Cc1cc(Br)c(F)cc1Nc1cc(Br)nc(C(C)(C)C)n1. The predicted molar refractivity (Wildman–Crippen MR) is 90.6 cm³/mol. The van der Waals surface area contributed by atoms with E-state index in [-0.39, 0.29) is 11.2 Å². The molecule has 21 heavy (non-hydrogen) atoms. The van der Waals surface area contributed by atoms with Crippen LogP contribution in [0.2, 0.25) is 0 Å². The third kappa shape index (κ3) is 4.01. The first-order valence-electron chi connectivity index (χ1n) is 6.44. The van der Waals surface area contributed by atoms with Crippen molar-refractivity contribution in [3.63, 3.8) is 0 Å². The summed E-state index contributed by atoms with van der Waals surface area (Å²) in [7, 11) is 0. The number of benzene rings is 1. The smallest absolute Gasteiger partial charge is 0.139 e. The lowest BCUT2D eigenvalue weighted by molar-refractivity contribution is 0.544. The van der Waals surface area contributed by atoms with Gasteiger partial charge in [0, 0.05) is 17.2 Å². The predicted octanol–water partition coefficient (Wildman–Crippen LogP) is 5.49. The van der Waals surface area contributed by atoms with Crippen LogP contribution in [0, 0.1) is 12.7 Å². The summed E-state index contributed by atoms with van der Waals surface area (Å²) < 4.78 is 14.8. The van der Waals surface area contributed by atoms with E-state index in [0.29, 0.717) is 20.6 Å². The molecule has 0 bridgehead atoms. The molecule has 3 nitrogen and oxygen atoms in total. The molecule has 1 N–H and O–H groups in total. The van der Waals surface area contributed by atoms with Crippen LogP contribution in [0.25, 0.3) is 0 Å². The first kappa shape index (κ1) is 16.4. The lowest BCUT2D eigenvalue weighted by Crippen LogP contribution is -2.17. The average molecular weight is 417 g/mol. The van der Waals surface area contributed by atoms with E-state index in [1.165, 1.54) is 6.07 Å². The van der Waals surface area contributed by atoms with Crippen LogP contribution < -0.4 is 5.32 Å². The lowest BCUT2D eigenvalue weighted by atomic mass is 9.96. The largest absolute Gasteiger partial charge is 0.340 e. The fraction of sp³-hybridized carbons (Fsp3) is 0.333. The highest BCUT2D eigenvalue weighted by Gasteiger charge is 2.19. The van der Waals surface area contributed by atoms with Gasteiger partial charge in [-0.05, 0) is 56.5 Å². The summed E-state index contributed by atoms with van der Waals surface area (Å²) in [5.41, 5.74) is 1.44. The summed E-state index contributed by atoms with van der Waals surface area (Å²) >= 11 is 6.57. The van der Waals surface area contributed by atoms with E-state index < -0.39 is 0 Å². The number of aryl methyl sites for hydroxylation is 1. The second-order valence-corrected chi connectivity index (χ2v) is 7.52. The van der Waals surface area contributed by atoms with Gasteiger partial charge in [0.15, 0.2) is 0 Å². The van der Waals surface area contributed by atoms with Crippen molar-refractivity contribution in [2.45, 2.75) is 33.1 Å². The van der Waals surface area contributed by atoms with Crippen LogP contribution in [0.1, 0.15) is 32.2 Å². The third-order valence-electron chi connectivity index (χ3n) is 2.90. The number of hydrogen-bond acceptors (Lipinski definition) is 3. The molecule has 1 aromatic heterocycles. The fourth-order valence-corrected chi connectivity index (χ4v) is 2.58. The molecule has 0 aliphatic rings. The minimum atomic E-state index is -0.313. The van der Waals surface area contributed by atoms with Crippen molar-refractivity contribution in [1.82, 2.24) is 9.97 Å². The Labute approximate surface area is 140 Å². The Kier molecular flexibility index (Phi) is 4.68. The van der Waals surface area contributed by atoms with E-state index in [1.54, 1.807) is 12.1 Å². The summed E-state index contributed by atoms with van der Waals surface area (Å²) in [5, 5.41) is 3.15. The minimum Gasteiger partial charge on any atom is -0.340 e. The molecule has 0 radical (unpaired) electrons. The fourth-order valence-electron chi connectivity index (χ4n) is 1.74. The van der Waals surface area contributed by atoms with Crippen molar-refractivity contribution in [3.8, 4) is 0 Å².